The first-order valence-electron chi connectivity index (χ1n) is 7.95. The number of nitrogens with one attached hydrogen (secondary N) is 1. The van der Waals surface area contributed by atoms with E-state index in [-0.39, 0.29) is 5.91 Å². The van der Waals surface area contributed by atoms with Gasteiger partial charge >= 0.3 is 0 Å². The highest BCUT2D eigenvalue weighted by molar-refractivity contribution is 6.06. The van der Waals surface area contributed by atoms with Gasteiger partial charge in [-0.3, -0.25) is 4.79 Å². The molecule has 0 fully saturated rings. The summed E-state index contributed by atoms with van der Waals surface area (Å²) < 4.78 is 11.1. The molecule has 25 heavy (non-hydrogen) atoms. The Kier molecular flexibility index (Phi) is 5.00. The molecule has 1 N–H and O–H groups in total. The number of methoxy groups -OCH3 is 1. The molecule has 0 aliphatic rings. The minimum Gasteiger partial charge on any atom is -0.496 e. The summed E-state index contributed by atoms with van der Waals surface area (Å²) in [6.07, 6.45) is 0. The summed E-state index contributed by atoms with van der Waals surface area (Å²) >= 11 is 0. The van der Waals surface area contributed by atoms with E-state index in [1.54, 1.807) is 25.3 Å². The highest BCUT2D eigenvalue weighted by atomic mass is 16.5. The van der Waals surface area contributed by atoms with Gasteiger partial charge in [-0.2, -0.15) is 0 Å². The van der Waals surface area contributed by atoms with Gasteiger partial charge in [-0.15, -0.1) is 0 Å². The van der Waals surface area contributed by atoms with Crippen LogP contribution in [0.2, 0.25) is 0 Å². The van der Waals surface area contributed by atoms with Gasteiger partial charge in [0.05, 0.1) is 12.7 Å². The van der Waals surface area contributed by atoms with E-state index in [1.807, 2.05) is 61.5 Å². The average Bonchev–Trinajstić information content (AvgIpc) is 2.65. The third-order valence-electron chi connectivity index (χ3n) is 3.79. The standard InChI is InChI=1S/C21H19NO3/c1-15-12-13-17(25-16-8-4-3-5-9-16)14-19(15)22-21(23)18-10-6-7-11-20(18)24-2/h3-14H,1-2H3,(H,22,23). The van der Waals surface area contributed by atoms with Crippen molar-refractivity contribution in [3.8, 4) is 17.2 Å². The highest BCUT2D eigenvalue weighted by Gasteiger charge is 2.13. The van der Waals surface area contributed by atoms with Gasteiger partial charge in [0, 0.05) is 11.8 Å². The molecule has 0 saturated carbocycles. The number of aryl methyl sites for hydroxylation is 1. The normalized spacial score (nSPS) is 10.2. The Labute approximate surface area is 147 Å². The maximum Gasteiger partial charge on any atom is 0.259 e. The molecule has 3 rings (SSSR count). The van der Waals surface area contributed by atoms with Crippen molar-refractivity contribution in [2.75, 3.05) is 12.4 Å². The second-order valence-corrected chi connectivity index (χ2v) is 5.55. The Hall–Kier alpha value is -3.27. The predicted octanol–water partition coefficient (Wildman–Crippen LogP) is 5.05. The fourth-order valence-corrected chi connectivity index (χ4v) is 2.45. The van der Waals surface area contributed by atoms with Crippen molar-refractivity contribution in [3.05, 3.63) is 83.9 Å². The van der Waals surface area contributed by atoms with Crippen molar-refractivity contribution >= 4 is 11.6 Å². The molecule has 0 aromatic heterocycles. The number of benzene rings is 3. The molecule has 0 atom stereocenters. The van der Waals surface area contributed by atoms with Gasteiger partial charge in [-0.25, -0.2) is 0 Å². The van der Waals surface area contributed by atoms with E-state index in [0.717, 1.165) is 11.3 Å². The van der Waals surface area contributed by atoms with E-state index in [2.05, 4.69) is 5.32 Å². The summed E-state index contributed by atoms with van der Waals surface area (Å²) in [6, 6.07) is 22.2. The first kappa shape index (κ1) is 16.6. The maximum absolute atomic E-state index is 12.6. The van der Waals surface area contributed by atoms with Crippen LogP contribution in [0, 0.1) is 6.92 Å². The van der Waals surface area contributed by atoms with Crippen LogP contribution < -0.4 is 14.8 Å². The van der Waals surface area contributed by atoms with Crippen molar-refractivity contribution in [2.45, 2.75) is 6.92 Å². The van der Waals surface area contributed by atoms with Crippen molar-refractivity contribution < 1.29 is 14.3 Å². The van der Waals surface area contributed by atoms with E-state index in [9.17, 15) is 4.79 Å². The Bertz CT molecular complexity index is 875. The lowest BCUT2D eigenvalue weighted by Crippen LogP contribution is -2.14. The van der Waals surface area contributed by atoms with Gasteiger partial charge in [-0.05, 0) is 42.8 Å². The minimum atomic E-state index is -0.225. The molecule has 0 radical (unpaired) electrons. The van der Waals surface area contributed by atoms with Crippen molar-refractivity contribution in [3.63, 3.8) is 0 Å². The molecule has 0 saturated heterocycles. The van der Waals surface area contributed by atoms with Crippen LogP contribution in [-0.4, -0.2) is 13.0 Å². The molecule has 3 aromatic carbocycles. The number of hydrogen-bond acceptors (Lipinski definition) is 3. The number of rotatable bonds is 5. The largest absolute Gasteiger partial charge is 0.496 e. The lowest BCUT2D eigenvalue weighted by Gasteiger charge is -2.13. The number of para-hydroxylation sites is 2. The van der Waals surface area contributed by atoms with E-state index in [0.29, 0.717) is 22.7 Å². The van der Waals surface area contributed by atoms with Crippen molar-refractivity contribution in [2.24, 2.45) is 0 Å². The monoisotopic (exact) mass is 333 g/mol. The number of carbonyl (C=O) groups excluding carboxylic acids is 1. The van der Waals surface area contributed by atoms with Gasteiger partial charge in [0.25, 0.3) is 5.91 Å². The third-order valence-corrected chi connectivity index (χ3v) is 3.79. The summed E-state index contributed by atoms with van der Waals surface area (Å²) in [7, 11) is 1.55. The summed E-state index contributed by atoms with van der Waals surface area (Å²) in [4.78, 5) is 12.6. The van der Waals surface area contributed by atoms with Gasteiger partial charge in [0.2, 0.25) is 0 Å². The summed E-state index contributed by atoms with van der Waals surface area (Å²) in [5.74, 6) is 1.72. The minimum absolute atomic E-state index is 0.225. The smallest absolute Gasteiger partial charge is 0.259 e. The van der Waals surface area contributed by atoms with Crippen molar-refractivity contribution in [1.82, 2.24) is 0 Å². The number of hydrogen-bond donors (Lipinski definition) is 1. The second kappa shape index (κ2) is 7.53. The number of ether oxygens (including phenoxy) is 2. The van der Waals surface area contributed by atoms with Crippen LogP contribution >= 0.6 is 0 Å². The zero-order chi connectivity index (χ0) is 17.6. The van der Waals surface area contributed by atoms with E-state index in [4.69, 9.17) is 9.47 Å². The van der Waals surface area contributed by atoms with E-state index >= 15 is 0 Å². The van der Waals surface area contributed by atoms with Gasteiger partial charge < -0.3 is 14.8 Å². The molecule has 0 aliphatic heterocycles. The SMILES string of the molecule is COc1ccccc1C(=O)Nc1cc(Oc2ccccc2)ccc1C. The highest BCUT2D eigenvalue weighted by Crippen LogP contribution is 2.27. The van der Waals surface area contributed by atoms with Crippen LogP contribution in [0.15, 0.2) is 72.8 Å². The molecule has 0 bridgehead atoms. The average molecular weight is 333 g/mol. The lowest BCUT2D eigenvalue weighted by molar-refractivity contribution is 0.102. The molecular weight excluding hydrogens is 314 g/mol. The quantitative estimate of drug-likeness (QED) is 0.711. The molecule has 0 aliphatic carbocycles. The maximum atomic E-state index is 12.6. The molecule has 4 heteroatoms. The molecule has 1 amide bonds. The number of carbonyl (C=O) groups is 1. The van der Waals surface area contributed by atoms with Crippen molar-refractivity contribution in [1.29, 1.82) is 0 Å². The van der Waals surface area contributed by atoms with Gasteiger partial charge in [0.15, 0.2) is 0 Å². The second-order valence-electron chi connectivity index (χ2n) is 5.55. The van der Waals surface area contributed by atoms with Crippen LogP contribution in [0.3, 0.4) is 0 Å². The lowest BCUT2D eigenvalue weighted by atomic mass is 10.1. The summed E-state index contributed by atoms with van der Waals surface area (Å²) in [5.41, 5.74) is 2.13. The predicted molar refractivity (Wildman–Crippen MR) is 98.6 cm³/mol. The topological polar surface area (TPSA) is 47.6 Å². The zero-order valence-corrected chi connectivity index (χ0v) is 14.2. The number of anilines is 1. The van der Waals surface area contributed by atoms with E-state index < -0.39 is 0 Å². The first-order valence-corrected chi connectivity index (χ1v) is 7.95. The Balaban J connectivity index is 1.82. The molecule has 4 nitrogen and oxygen atoms in total. The molecule has 126 valence electrons. The Morgan fingerprint density at radius 1 is 0.880 bits per heavy atom. The number of amides is 1. The fraction of sp³-hybridized carbons (Fsp3) is 0.0952. The molecule has 0 heterocycles. The zero-order valence-electron chi connectivity index (χ0n) is 14.2. The molecular formula is C21H19NO3. The van der Waals surface area contributed by atoms with E-state index in [1.165, 1.54) is 0 Å². The first-order chi connectivity index (χ1) is 12.2. The third kappa shape index (κ3) is 3.98. The Morgan fingerprint density at radius 2 is 1.60 bits per heavy atom. The molecule has 0 spiro atoms. The van der Waals surface area contributed by atoms with Crippen LogP contribution in [0.25, 0.3) is 0 Å². The van der Waals surface area contributed by atoms with Crippen LogP contribution in [0.5, 0.6) is 17.2 Å². The molecule has 3 aromatic rings. The fourth-order valence-electron chi connectivity index (χ4n) is 2.45. The van der Waals surface area contributed by atoms with Crippen LogP contribution in [-0.2, 0) is 0 Å². The Morgan fingerprint density at radius 3 is 2.36 bits per heavy atom. The van der Waals surface area contributed by atoms with Crippen LogP contribution in [0.4, 0.5) is 5.69 Å². The van der Waals surface area contributed by atoms with Crippen LogP contribution in [0.1, 0.15) is 15.9 Å². The summed E-state index contributed by atoms with van der Waals surface area (Å²) in [6.45, 7) is 1.93. The summed E-state index contributed by atoms with van der Waals surface area (Å²) in [5, 5.41) is 2.93. The van der Waals surface area contributed by atoms with Gasteiger partial charge in [-0.1, -0.05) is 36.4 Å². The van der Waals surface area contributed by atoms with Gasteiger partial charge in [0.1, 0.15) is 17.2 Å². The molecule has 0 unspecified atom stereocenters.